The first-order valence-electron chi connectivity index (χ1n) is 4.05. The number of nitrogens with one attached hydrogen (secondary N) is 1. The van der Waals surface area contributed by atoms with Crippen LogP contribution in [0.2, 0.25) is 0 Å². The molecule has 0 amide bonds. The SMILES string of the molecule is CC(=O)c1ccc(/C(N)=N/NN)cc1. The minimum Gasteiger partial charge on any atom is -0.382 e. The summed E-state index contributed by atoms with van der Waals surface area (Å²) in [7, 11) is 0. The quantitative estimate of drug-likeness (QED) is 0.206. The number of amidine groups is 1. The van der Waals surface area contributed by atoms with E-state index in [0.717, 1.165) is 0 Å². The first-order chi connectivity index (χ1) is 6.65. The topological polar surface area (TPSA) is 93.5 Å². The third-order valence-electron chi connectivity index (χ3n) is 1.77. The summed E-state index contributed by atoms with van der Waals surface area (Å²) >= 11 is 0. The highest BCUT2D eigenvalue weighted by molar-refractivity contribution is 5.99. The Kier molecular flexibility index (Phi) is 3.19. The highest BCUT2D eigenvalue weighted by atomic mass is 16.1. The molecular weight excluding hydrogens is 180 g/mol. The second-order valence-electron chi connectivity index (χ2n) is 2.76. The Labute approximate surface area is 81.8 Å². The van der Waals surface area contributed by atoms with E-state index in [-0.39, 0.29) is 11.6 Å². The van der Waals surface area contributed by atoms with Crippen LogP contribution in [0, 0.1) is 0 Å². The summed E-state index contributed by atoms with van der Waals surface area (Å²) in [6.07, 6.45) is 0. The van der Waals surface area contributed by atoms with Gasteiger partial charge < -0.3 is 5.73 Å². The number of hydrogen-bond acceptors (Lipinski definition) is 4. The molecule has 0 bridgehead atoms. The number of hydrazone groups is 1. The molecule has 14 heavy (non-hydrogen) atoms. The molecule has 0 aliphatic heterocycles. The van der Waals surface area contributed by atoms with Gasteiger partial charge in [-0.25, -0.2) is 11.4 Å². The van der Waals surface area contributed by atoms with Crippen LogP contribution in [-0.4, -0.2) is 11.6 Å². The van der Waals surface area contributed by atoms with Gasteiger partial charge in [0.05, 0.1) is 0 Å². The minimum absolute atomic E-state index is 0.0176. The number of nitrogens with zero attached hydrogens (tertiary/aromatic N) is 1. The van der Waals surface area contributed by atoms with E-state index in [9.17, 15) is 4.79 Å². The largest absolute Gasteiger partial charge is 0.382 e. The fourth-order valence-electron chi connectivity index (χ4n) is 1.01. The highest BCUT2D eigenvalue weighted by Crippen LogP contribution is 2.04. The Hall–Kier alpha value is -1.88. The fraction of sp³-hybridized carbons (Fsp3) is 0.111. The molecule has 1 aromatic rings. The van der Waals surface area contributed by atoms with E-state index in [1.165, 1.54) is 6.92 Å². The molecule has 5 heteroatoms. The van der Waals surface area contributed by atoms with Gasteiger partial charge in [0.15, 0.2) is 11.6 Å². The van der Waals surface area contributed by atoms with E-state index >= 15 is 0 Å². The summed E-state index contributed by atoms with van der Waals surface area (Å²) in [5.41, 5.74) is 9.01. The molecule has 1 aromatic carbocycles. The molecule has 0 aromatic heterocycles. The lowest BCUT2D eigenvalue weighted by molar-refractivity contribution is 0.101. The average Bonchev–Trinajstić information content (AvgIpc) is 2.18. The zero-order valence-electron chi connectivity index (χ0n) is 7.82. The zero-order valence-corrected chi connectivity index (χ0v) is 7.82. The van der Waals surface area contributed by atoms with E-state index < -0.39 is 0 Å². The first-order valence-corrected chi connectivity index (χ1v) is 4.05. The monoisotopic (exact) mass is 192 g/mol. The lowest BCUT2D eigenvalue weighted by Crippen LogP contribution is -2.22. The maximum absolute atomic E-state index is 11.0. The van der Waals surface area contributed by atoms with Crippen LogP contribution in [0.3, 0.4) is 0 Å². The molecule has 5 nitrogen and oxygen atoms in total. The summed E-state index contributed by atoms with van der Waals surface area (Å²) in [5, 5.41) is 3.61. The highest BCUT2D eigenvalue weighted by Gasteiger charge is 2.01. The third-order valence-corrected chi connectivity index (χ3v) is 1.77. The molecule has 0 spiro atoms. The van der Waals surface area contributed by atoms with Crippen molar-refractivity contribution in [3.8, 4) is 0 Å². The Morgan fingerprint density at radius 2 is 1.79 bits per heavy atom. The van der Waals surface area contributed by atoms with Crippen molar-refractivity contribution in [1.82, 2.24) is 5.53 Å². The summed E-state index contributed by atoms with van der Waals surface area (Å²) < 4.78 is 0. The predicted molar refractivity (Wildman–Crippen MR) is 54.5 cm³/mol. The molecule has 0 aliphatic carbocycles. The number of Topliss-reactive ketones (excluding diaryl/α,β-unsaturated/α-hetero) is 1. The molecular formula is C9H12N4O. The minimum atomic E-state index is 0.0176. The van der Waals surface area contributed by atoms with Crippen LogP contribution in [-0.2, 0) is 0 Å². The molecule has 0 unspecified atom stereocenters. The molecule has 5 N–H and O–H groups in total. The first kappa shape index (κ1) is 10.2. The summed E-state index contributed by atoms with van der Waals surface area (Å²) in [6, 6.07) is 6.81. The van der Waals surface area contributed by atoms with Gasteiger partial charge >= 0.3 is 0 Å². The number of carbonyl (C=O) groups excluding carboxylic acids is 1. The molecule has 0 heterocycles. The molecule has 0 saturated carbocycles. The normalized spacial score (nSPS) is 11.1. The Morgan fingerprint density at radius 1 is 1.29 bits per heavy atom. The smallest absolute Gasteiger partial charge is 0.159 e. The third kappa shape index (κ3) is 2.30. The molecule has 0 fully saturated rings. The van der Waals surface area contributed by atoms with Crippen molar-refractivity contribution in [3.05, 3.63) is 35.4 Å². The van der Waals surface area contributed by atoms with Gasteiger partial charge in [0.1, 0.15) is 0 Å². The van der Waals surface area contributed by atoms with E-state index in [2.05, 4.69) is 10.6 Å². The van der Waals surface area contributed by atoms with Gasteiger partial charge in [-0.1, -0.05) is 24.3 Å². The standard InChI is InChI=1S/C9H12N4O/c1-6(14)7-2-4-8(5-3-7)9(10)12-13-11/h2-5,13H,11H2,1H3,(H2,10,12). The molecule has 74 valence electrons. The Balaban J connectivity index is 2.94. The van der Waals surface area contributed by atoms with Crippen molar-refractivity contribution in [2.75, 3.05) is 0 Å². The van der Waals surface area contributed by atoms with Crippen LogP contribution < -0.4 is 17.1 Å². The second-order valence-corrected chi connectivity index (χ2v) is 2.76. The molecule has 0 atom stereocenters. The van der Waals surface area contributed by atoms with Gasteiger partial charge in [-0.05, 0) is 6.92 Å². The molecule has 1 rings (SSSR count). The van der Waals surface area contributed by atoms with Crippen LogP contribution in [0.15, 0.2) is 29.4 Å². The van der Waals surface area contributed by atoms with Gasteiger partial charge in [-0.3, -0.25) is 4.79 Å². The number of benzene rings is 1. The van der Waals surface area contributed by atoms with Gasteiger partial charge in [-0.2, -0.15) is 0 Å². The van der Waals surface area contributed by atoms with Crippen molar-refractivity contribution in [2.45, 2.75) is 6.92 Å². The van der Waals surface area contributed by atoms with Gasteiger partial charge in [-0.15, -0.1) is 5.10 Å². The van der Waals surface area contributed by atoms with E-state index in [1.54, 1.807) is 24.3 Å². The summed E-state index contributed by atoms with van der Waals surface area (Å²) in [6.45, 7) is 1.51. The van der Waals surface area contributed by atoms with Crippen molar-refractivity contribution >= 4 is 11.6 Å². The average molecular weight is 192 g/mol. The number of hydrazine groups is 1. The maximum atomic E-state index is 11.0. The fourth-order valence-corrected chi connectivity index (χ4v) is 1.01. The summed E-state index contributed by atoms with van der Waals surface area (Å²) in [4.78, 5) is 11.0. The number of carbonyl (C=O) groups is 1. The van der Waals surface area contributed by atoms with Crippen LogP contribution in [0.5, 0.6) is 0 Å². The van der Waals surface area contributed by atoms with Gasteiger partial charge in [0, 0.05) is 11.1 Å². The van der Waals surface area contributed by atoms with Crippen molar-refractivity contribution in [1.29, 1.82) is 0 Å². The van der Waals surface area contributed by atoms with Gasteiger partial charge in [0.25, 0.3) is 0 Å². The van der Waals surface area contributed by atoms with Crippen molar-refractivity contribution < 1.29 is 4.79 Å². The van der Waals surface area contributed by atoms with Crippen LogP contribution in [0.4, 0.5) is 0 Å². The van der Waals surface area contributed by atoms with Crippen LogP contribution in [0.1, 0.15) is 22.8 Å². The van der Waals surface area contributed by atoms with Crippen molar-refractivity contribution in [2.24, 2.45) is 16.7 Å². The second kappa shape index (κ2) is 4.38. The Morgan fingerprint density at radius 3 is 2.21 bits per heavy atom. The predicted octanol–water partition coefficient (Wildman–Crippen LogP) is -0.0272. The number of ketones is 1. The zero-order chi connectivity index (χ0) is 10.6. The molecule has 0 saturated heterocycles. The molecule has 0 radical (unpaired) electrons. The Bertz CT molecular complexity index is 356. The van der Waals surface area contributed by atoms with E-state index in [1.807, 2.05) is 0 Å². The van der Waals surface area contributed by atoms with Gasteiger partial charge in [0.2, 0.25) is 0 Å². The van der Waals surface area contributed by atoms with Crippen LogP contribution >= 0.6 is 0 Å². The van der Waals surface area contributed by atoms with Crippen LogP contribution in [0.25, 0.3) is 0 Å². The molecule has 0 aliphatic rings. The van der Waals surface area contributed by atoms with E-state index in [4.69, 9.17) is 11.6 Å². The number of hydrogen-bond donors (Lipinski definition) is 3. The number of nitrogens with two attached hydrogens (primary N) is 2. The van der Waals surface area contributed by atoms with Crippen molar-refractivity contribution in [3.63, 3.8) is 0 Å². The summed E-state index contributed by atoms with van der Waals surface area (Å²) in [5.74, 6) is 5.27. The maximum Gasteiger partial charge on any atom is 0.159 e. The lowest BCUT2D eigenvalue weighted by atomic mass is 10.1. The number of rotatable bonds is 3. The lowest BCUT2D eigenvalue weighted by Gasteiger charge is -2.01. The van der Waals surface area contributed by atoms with E-state index in [0.29, 0.717) is 11.1 Å².